The number of hydrogen-bond acceptors (Lipinski definition) is 3. The van der Waals surface area contributed by atoms with Gasteiger partial charge in [-0.15, -0.1) is 0 Å². The summed E-state index contributed by atoms with van der Waals surface area (Å²) in [7, 11) is 0. The van der Waals surface area contributed by atoms with Crippen LogP contribution in [-0.4, -0.2) is 5.97 Å². The molecule has 0 amide bonds. The Bertz CT molecular complexity index is 1280. The van der Waals surface area contributed by atoms with Gasteiger partial charge in [-0.2, -0.15) is 0 Å². The molecule has 0 saturated carbocycles. The molecule has 0 N–H and O–H groups in total. The van der Waals surface area contributed by atoms with Crippen molar-refractivity contribution in [1.82, 2.24) is 0 Å². The summed E-state index contributed by atoms with van der Waals surface area (Å²) in [5.41, 5.74) is 4.27. The summed E-state index contributed by atoms with van der Waals surface area (Å²) in [6, 6.07) is 30.7. The number of rotatable bonds is 3. The normalized spacial score (nSPS) is 11.0. The lowest BCUT2D eigenvalue weighted by Gasteiger charge is -2.06. The molecule has 28 heavy (non-hydrogen) atoms. The van der Waals surface area contributed by atoms with E-state index in [1.807, 2.05) is 78.9 Å². The highest BCUT2D eigenvalue weighted by molar-refractivity contribution is 6.05. The molecule has 1 aromatic heterocycles. The zero-order valence-corrected chi connectivity index (χ0v) is 15.0. The van der Waals surface area contributed by atoms with Crippen LogP contribution in [0.25, 0.3) is 33.1 Å². The fourth-order valence-corrected chi connectivity index (χ4v) is 3.36. The first-order valence-electron chi connectivity index (χ1n) is 9.07. The number of carbonyl (C=O) groups excluding carboxylic acids is 1. The zero-order chi connectivity index (χ0) is 18.9. The van der Waals surface area contributed by atoms with Crippen molar-refractivity contribution < 1.29 is 13.9 Å². The van der Waals surface area contributed by atoms with Crippen molar-refractivity contribution in [3.05, 3.63) is 103 Å². The van der Waals surface area contributed by atoms with Gasteiger partial charge in [0.05, 0.1) is 5.56 Å². The SMILES string of the molecule is O=C(Oc1ccc2oc3ccccc3c2c1)c1ccc(-c2ccccc2)cc1. The summed E-state index contributed by atoms with van der Waals surface area (Å²) in [5, 5.41) is 1.93. The molecule has 5 rings (SSSR count). The van der Waals surface area contributed by atoms with Crippen molar-refractivity contribution in [2.75, 3.05) is 0 Å². The van der Waals surface area contributed by atoms with E-state index in [-0.39, 0.29) is 5.97 Å². The summed E-state index contributed by atoms with van der Waals surface area (Å²) in [4.78, 5) is 12.6. The molecule has 0 atom stereocenters. The van der Waals surface area contributed by atoms with Gasteiger partial charge in [0.25, 0.3) is 0 Å². The van der Waals surface area contributed by atoms with Crippen molar-refractivity contribution in [2.45, 2.75) is 0 Å². The third kappa shape index (κ3) is 2.93. The van der Waals surface area contributed by atoms with E-state index >= 15 is 0 Å². The fraction of sp³-hybridized carbons (Fsp3) is 0. The predicted molar refractivity (Wildman–Crippen MR) is 111 cm³/mol. The summed E-state index contributed by atoms with van der Waals surface area (Å²) in [6.45, 7) is 0. The highest BCUT2D eigenvalue weighted by atomic mass is 16.5. The van der Waals surface area contributed by atoms with Crippen molar-refractivity contribution in [2.24, 2.45) is 0 Å². The van der Waals surface area contributed by atoms with Crippen LogP contribution in [0.3, 0.4) is 0 Å². The van der Waals surface area contributed by atoms with Crippen LogP contribution in [0, 0.1) is 0 Å². The Morgan fingerprint density at radius 2 is 1.32 bits per heavy atom. The first-order chi connectivity index (χ1) is 13.8. The summed E-state index contributed by atoms with van der Waals surface area (Å²) in [6.07, 6.45) is 0. The van der Waals surface area contributed by atoms with Gasteiger partial charge in [-0.3, -0.25) is 0 Å². The van der Waals surface area contributed by atoms with Gasteiger partial charge >= 0.3 is 5.97 Å². The quantitative estimate of drug-likeness (QED) is 0.272. The minimum Gasteiger partial charge on any atom is -0.456 e. The summed E-state index contributed by atoms with van der Waals surface area (Å²) >= 11 is 0. The number of hydrogen-bond donors (Lipinski definition) is 0. The lowest BCUT2D eigenvalue weighted by atomic mass is 10.0. The largest absolute Gasteiger partial charge is 0.456 e. The Morgan fingerprint density at radius 1 is 0.643 bits per heavy atom. The molecule has 134 valence electrons. The summed E-state index contributed by atoms with van der Waals surface area (Å²) in [5.74, 6) is 0.114. The molecule has 3 heteroatoms. The van der Waals surface area contributed by atoms with Gasteiger partial charge in [-0.1, -0.05) is 60.7 Å². The number of esters is 1. The Kier molecular flexibility index (Phi) is 3.91. The van der Waals surface area contributed by atoms with Crippen molar-refractivity contribution in [1.29, 1.82) is 0 Å². The van der Waals surface area contributed by atoms with Crippen LogP contribution in [0.1, 0.15) is 10.4 Å². The average Bonchev–Trinajstić information content (AvgIpc) is 3.12. The van der Waals surface area contributed by atoms with Crippen molar-refractivity contribution in [3.63, 3.8) is 0 Å². The third-order valence-corrected chi connectivity index (χ3v) is 4.79. The molecule has 0 fully saturated rings. The van der Waals surface area contributed by atoms with Crippen molar-refractivity contribution in [3.8, 4) is 16.9 Å². The molecule has 3 nitrogen and oxygen atoms in total. The van der Waals surface area contributed by atoms with Crippen LogP contribution in [0.4, 0.5) is 0 Å². The van der Waals surface area contributed by atoms with Gasteiger partial charge in [-0.05, 0) is 47.5 Å². The second kappa shape index (κ2) is 6.71. The first kappa shape index (κ1) is 16.3. The molecule has 0 unspecified atom stereocenters. The molecule has 4 aromatic carbocycles. The molecule has 0 spiro atoms. The first-order valence-corrected chi connectivity index (χ1v) is 9.07. The minimum absolute atomic E-state index is 0.383. The average molecular weight is 364 g/mol. The maximum absolute atomic E-state index is 12.6. The Labute approximate surface area is 161 Å². The van der Waals surface area contributed by atoms with Crippen LogP contribution in [0.15, 0.2) is 101 Å². The Balaban J connectivity index is 1.41. The van der Waals surface area contributed by atoms with Gasteiger partial charge in [0.2, 0.25) is 0 Å². The lowest BCUT2D eigenvalue weighted by molar-refractivity contribution is 0.0735. The van der Waals surface area contributed by atoms with Crippen LogP contribution in [0.5, 0.6) is 5.75 Å². The van der Waals surface area contributed by atoms with Gasteiger partial charge in [0.15, 0.2) is 0 Å². The van der Waals surface area contributed by atoms with E-state index in [9.17, 15) is 4.79 Å². The molecule has 0 aliphatic carbocycles. The standard InChI is InChI=1S/C25H16O3/c26-25(19-12-10-18(11-13-19)17-6-2-1-3-7-17)27-20-14-15-24-22(16-20)21-8-4-5-9-23(21)28-24/h1-16H. The predicted octanol–water partition coefficient (Wildman–Crippen LogP) is 6.47. The second-order valence-corrected chi connectivity index (χ2v) is 6.59. The topological polar surface area (TPSA) is 39.4 Å². The maximum atomic E-state index is 12.6. The Morgan fingerprint density at radius 3 is 2.14 bits per heavy atom. The van der Waals surface area contributed by atoms with E-state index < -0.39 is 0 Å². The summed E-state index contributed by atoms with van der Waals surface area (Å²) < 4.78 is 11.4. The highest BCUT2D eigenvalue weighted by Gasteiger charge is 2.12. The number of fused-ring (bicyclic) bond motifs is 3. The van der Waals surface area contributed by atoms with Gasteiger partial charge in [0, 0.05) is 10.8 Å². The van der Waals surface area contributed by atoms with Gasteiger partial charge in [-0.25, -0.2) is 4.79 Å². The second-order valence-electron chi connectivity index (χ2n) is 6.59. The number of furan rings is 1. The van der Waals surface area contributed by atoms with Crippen LogP contribution in [-0.2, 0) is 0 Å². The molecule has 0 bridgehead atoms. The smallest absolute Gasteiger partial charge is 0.343 e. The molecule has 0 aliphatic rings. The fourth-order valence-electron chi connectivity index (χ4n) is 3.36. The number of benzene rings is 4. The molecule has 0 saturated heterocycles. The van der Waals surface area contributed by atoms with Gasteiger partial charge < -0.3 is 9.15 Å². The monoisotopic (exact) mass is 364 g/mol. The van der Waals surface area contributed by atoms with E-state index in [1.54, 1.807) is 18.2 Å². The van der Waals surface area contributed by atoms with Crippen LogP contribution in [0.2, 0.25) is 0 Å². The van der Waals surface area contributed by atoms with E-state index in [0.717, 1.165) is 33.1 Å². The number of ether oxygens (including phenoxy) is 1. The van der Waals surface area contributed by atoms with E-state index in [0.29, 0.717) is 11.3 Å². The van der Waals surface area contributed by atoms with E-state index in [2.05, 4.69) is 0 Å². The zero-order valence-electron chi connectivity index (χ0n) is 15.0. The number of carbonyl (C=O) groups is 1. The van der Waals surface area contributed by atoms with Gasteiger partial charge in [0.1, 0.15) is 16.9 Å². The highest BCUT2D eigenvalue weighted by Crippen LogP contribution is 2.31. The molecular formula is C25H16O3. The minimum atomic E-state index is -0.383. The number of para-hydroxylation sites is 1. The molecule has 1 heterocycles. The molecule has 0 aliphatic heterocycles. The molecule has 5 aromatic rings. The lowest BCUT2D eigenvalue weighted by Crippen LogP contribution is -2.08. The van der Waals surface area contributed by atoms with Crippen LogP contribution < -0.4 is 4.74 Å². The Hall–Kier alpha value is -3.85. The van der Waals surface area contributed by atoms with Crippen LogP contribution >= 0.6 is 0 Å². The van der Waals surface area contributed by atoms with E-state index in [1.165, 1.54) is 0 Å². The maximum Gasteiger partial charge on any atom is 0.343 e. The molecular weight excluding hydrogens is 348 g/mol. The van der Waals surface area contributed by atoms with E-state index in [4.69, 9.17) is 9.15 Å². The molecule has 0 radical (unpaired) electrons. The third-order valence-electron chi connectivity index (χ3n) is 4.79. The van der Waals surface area contributed by atoms with Crippen molar-refractivity contribution >= 4 is 27.9 Å².